The number of hydrogen-bond donors (Lipinski definition) is 2. The summed E-state index contributed by atoms with van der Waals surface area (Å²) < 4.78 is 32.1. The molecule has 0 atom stereocenters. The van der Waals surface area contributed by atoms with Crippen molar-refractivity contribution < 1.29 is 33.0 Å². The minimum Gasteiger partial charge on any atom is -0.507 e. The normalized spacial score (nSPS) is 15.1. The second-order valence-electron chi connectivity index (χ2n) is 7.63. The van der Waals surface area contributed by atoms with Gasteiger partial charge in [-0.3, -0.25) is 9.59 Å². The van der Waals surface area contributed by atoms with Crippen LogP contribution in [0.2, 0.25) is 0 Å². The van der Waals surface area contributed by atoms with Crippen LogP contribution < -0.4 is 9.15 Å². The van der Waals surface area contributed by atoms with E-state index in [0.29, 0.717) is 31.6 Å². The van der Waals surface area contributed by atoms with E-state index in [9.17, 15) is 28.2 Å². The standard InChI is InChI=1S/C21H24IN3O7S/c1-23(2)21(29)20-17(27)7-5-8-18(20)32-11-4-3-6-14-9-10-16(26)15(12-14)25-24(22)19(28)13-33(25,30)31/h5,7-10,12,26-27H,3-4,6,11,13H2,1-2H3. The molecule has 1 aliphatic heterocycles. The molecule has 0 aromatic heterocycles. The van der Waals surface area contributed by atoms with Gasteiger partial charge in [-0.05, 0) is 49.1 Å². The summed E-state index contributed by atoms with van der Waals surface area (Å²) in [5.74, 6) is -1.70. The van der Waals surface area contributed by atoms with Gasteiger partial charge < -0.3 is 19.8 Å². The lowest BCUT2D eigenvalue weighted by Gasteiger charge is -2.23. The van der Waals surface area contributed by atoms with E-state index in [4.69, 9.17) is 4.74 Å². The summed E-state index contributed by atoms with van der Waals surface area (Å²) >= 11 is 1.59. The van der Waals surface area contributed by atoms with E-state index >= 15 is 0 Å². The number of phenols is 2. The van der Waals surface area contributed by atoms with Gasteiger partial charge in [0, 0.05) is 14.1 Å². The van der Waals surface area contributed by atoms with Crippen molar-refractivity contribution in [3.63, 3.8) is 0 Å². The number of halogens is 1. The van der Waals surface area contributed by atoms with Crippen LogP contribution >= 0.6 is 22.9 Å². The van der Waals surface area contributed by atoms with Gasteiger partial charge in [0.25, 0.3) is 21.8 Å². The number of rotatable bonds is 8. The first-order valence-electron chi connectivity index (χ1n) is 10.0. The van der Waals surface area contributed by atoms with Gasteiger partial charge in [0.1, 0.15) is 28.5 Å². The van der Waals surface area contributed by atoms with Crippen molar-refractivity contribution in [2.75, 3.05) is 30.9 Å². The Hall–Kier alpha value is -2.74. The highest BCUT2D eigenvalue weighted by atomic mass is 127. The number of unbranched alkanes of at least 4 members (excludes halogenated alkanes) is 1. The number of hydrogen-bond acceptors (Lipinski definition) is 7. The smallest absolute Gasteiger partial charge is 0.268 e. The molecule has 2 N–H and O–H groups in total. The first-order valence-corrected chi connectivity index (χ1v) is 12.6. The van der Waals surface area contributed by atoms with Gasteiger partial charge in [-0.25, -0.2) is 8.42 Å². The molecule has 178 valence electrons. The number of phenolic OH excluding ortho intramolecular Hbond substituents is 2. The fourth-order valence-electron chi connectivity index (χ4n) is 3.29. The van der Waals surface area contributed by atoms with E-state index in [0.717, 1.165) is 13.2 Å². The molecule has 12 heteroatoms. The highest BCUT2D eigenvalue weighted by Crippen LogP contribution is 2.36. The van der Waals surface area contributed by atoms with Crippen LogP contribution in [0.4, 0.5) is 5.69 Å². The predicted molar refractivity (Wildman–Crippen MR) is 130 cm³/mol. The van der Waals surface area contributed by atoms with E-state index in [1.165, 1.54) is 17.0 Å². The number of nitrogens with zero attached hydrogens (tertiary/aromatic N) is 3. The molecule has 33 heavy (non-hydrogen) atoms. The van der Waals surface area contributed by atoms with Crippen LogP contribution in [0.25, 0.3) is 0 Å². The number of aryl methyl sites for hydroxylation is 1. The largest absolute Gasteiger partial charge is 0.507 e. The number of benzene rings is 2. The van der Waals surface area contributed by atoms with Gasteiger partial charge in [-0.15, -0.1) is 0 Å². The highest BCUT2D eigenvalue weighted by Gasteiger charge is 2.42. The average molecular weight is 589 g/mol. The number of sulfonamides is 1. The quantitative estimate of drug-likeness (QED) is 0.275. The lowest BCUT2D eigenvalue weighted by atomic mass is 10.1. The Morgan fingerprint density at radius 3 is 2.52 bits per heavy atom. The molecule has 0 unspecified atom stereocenters. The zero-order valence-electron chi connectivity index (χ0n) is 18.1. The maximum Gasteiger partial charge on any atom is 0.268 e. The summed E-state index contributed by atoms with van der Waals surface area (Å²) in [5, 5.41) is 20.2. The lowest BCUT2D eigenvalue weighted by Crippen LogP contribution is -2.33. The number of anilines is 1. The fourth-order valence-corrected chi connectivity index (χ4v) is 6.05. The number of hydrazine groups is 1. The van der Waals surface area contributed by atoms with Crippen LogP contribution in [0, 0.1) is 0 Å². The van der Waals surface area contributed by atoms with Gasteiger partial charge in [-0.1, -0.05) is 12.1 Å². The number of aromatic hydroxyl groups is 2. The first kappa shape index (κ1) is 24.9. The molecule has 1 saturated heterocycles. The minimum absolute atomic E-state index is 0.0237. The summed E-state index contributed by atoms with van der Waals surface area (Å²) in [6, 6.07) is 9.28. The summed E-state index contributed by atoms with van der Waals surface area (Å²) in [6.07, 6.45) is 1.88. The third-order valence-corrected chi connectivity index (χ3v) is 7.68. The molecule has 2 aromatic rings. The predicted octanol–water partition coefficient (Wildman–Crippen LogP) is 2.44. The maximum absolute atomic E-state index is 12.3. The van der Waals surface area contributed by atoms with Crippen LogP contribution in [0.3, 0.4) is 0 Å². The van der Waals surface area contributed by atoms with E-state index < -0.39 is 21.7 Å². The van der Waals surface area contributed by atoms with Crippen LogP contribution in [0.5, 0.6) is 17.2 Å². The SMILES string of the molecule is CN(C)C(=O)c1c(O)cccc1OCCCCc1ccc(O)c(N2N(I)C(=O)CS2(=O)=O)c1. The molecule has 10 nitrogen and oxygen atoms in total. The number of carbonyl (C=O) groups is 2. The van der Waals surface area contributed by atoms with E-state index in [-0.39, 0.29) is 28.7 Å². The molecule has 2 aromatic carbocycles. The van der Waals surface area contributed by atoms with Gasteiger partial charge in [0.15, 0.2) is 5.75 Å². The molecule has 0 radical (unpaired) electrons. The van der Waals surface area contributed by atoms with Crippen molar-refractivity contribution in [1.29, 1.82) is 0 Å². The topological polar surface area (TPSA) is 128 Å². The fraction of sp³-hybridized carbons (Fsp3) is 0.333. The third-order valence-electron chi connectivity index (χ3n) is 4.92. The van der Waals surface area contributed by atoms with Gasteiger partial charge >= 0.3 is 0 Å². The summed E-state index contributed by atoms with van der Waals surface area (Å²) in [5.41, 5.74) is 0.911. The van der Waals surface area contributed by atoms with Crippen molar-refractivity contribution in [2.45, 2.75) is 19.3 Å². The van der Waals surface area contributed by atoms with Gasteiger partial charge in [0.2, 0.25) is 0 Å². The Morgan fingerprint density at radius 1 is 1.15 bits per heavy atom. The second kappa shape index (κ2) is 10.0. The number of ether oxygens (including phenoxy) is 1. The molecule has 0 bridgehead atoms. The molecule has 3 rings (SSSR count). The van der Waals surface area contributed by atoms with E-state index in [1.807, 2.05) is 0 Å². The van der Waals surface area contributed by atoms with Gasteiger partial charge in [0.05, 0.1) is 29.5 Å². The Labute approximate surface area is 205 Å². The summed E-state index contributed by atoms with van der Waals surface area (Å²) in [7, 11) is -0.711. The molecule has 1 aliphatic rings. The highest BCUT2D eigenvalue weighted by molar-refractivity contribution is 14.1. The maximum atomic E-state index is 12.3. The van der Waals surface area contributed by atoms with Crippen molar-refractivity contribution >= 4 is 50.4 Å². The van der Waals surface area contributed by atoms with Gasteiger partial charge in [-0.2, -0.15) is 7.64 Å². The lowest BCUT2D eigenvalue weighted by molar-refractivity contribution is -0.121. The van der Waals surface area contributed by atoms with Crippen LogP contribution in [0.1, 0.15) is 28.8 Å². The molecular formula is C21H24IN3O7S. The summed E-state index contributed by atoms with van der Waals surface area (Å²) in [6.45, 7) is 0.304. The number of amides is 2. The minimum atomic E-state index is -3.89. The Kier molecular flexibility index (Phi) is 7.57. The Balaban J connectivity index is 1.62. The van der Waals surface area contributed by atoms with Crippen molar-refractivity contribution in [3.8, 4) is 17.2 Å². The Bertz CT molecular complexity index is 1170. The molecule has 0 spiro atoms. The monoisotopic (exact) mass is 589 g/mol. The van der Waals surface area contributed by atoms with Crippen LogP contribution in [-0.2, 0) is 21.2 Å². The summed E-state index contributed by atoms with van der Waals surface area (Å²) in [4.78, 5) is 25.5. The van der Waals surface area contributed by atoms with E-state index in [2.05, 4.69) is 0 Å². The van der Waals surface area contributed by atoms with Crippen molar-refractivity contribution in [1.82, 2.24) is 8.12 Å². The van der Waals surface area contributed by atoms with E-state index in [1.54, 1.807) is 61.2 Å². The third kappa shape index (κ3) is 5.43. The first-order chi connectivity index (χ1) is 15.5. The Morgan fingerprint density at radius 2 is 1.88 bits per heavy atom. The average Bonchev–Trinajstić information content (AvgIpc) is 2.95. The molecular weight excluding hydrogens is 565 g/mol. The molecule has 1 fully saturated rings. The van der Waals surface area contributed by atoms with Crippen LogP contribution in [-0.4, -0.2) is 65.0 Å². The second-order valence-corrected chi connectivity index (χ2v) is 10.3. The zero-order chi connectivity index (χ0) is 24.3. The molecule has 2 amide bonds. The van der Waals surface area contributed by atoms with Crippen molar-refractivity contribution in [2.24, 2.45) is 0 Å². The molecule has 0 aliphatic carbocycles. The molecule has 0 saturated carbocycles. The van der Waals surface area contributed by atoms with Crippen molar-refractivity contribution in [3.05, 3.63) is 47.5 Å². The zero-order valence-corrected chi connectivity index (χ0v) is 21.0. The molecule has 1 heterocycles. The number of carbonyl (C=O) groups excluding carboxylic acids is 2. The van der Waals surface area contributed by atoms with Crippen LogP contribution in [0.15, 0.2) is 36.4 Å².